The Morgan fingerprint density at radius 3 is 1.32 bits per heavy atom. The summed E-state index contributed by atoms with van der Waals surface area (Å²) in [6, 6.07) is 11.4. The molecule has 2 rings (SSSR count). The summed E-state index contributed by atoms with van der Waals surface area (Å²) in [7, 11) is 0. The zero-order chi connectivity index (χ0) is 20.7. The molecule has 0 fully saturated rings. The molecule has 0 spiro atoms. The molecule has 4 heteroatoms. The highest BCUT2D eigenvalue weighted by molar-refractivity contribution is 5.90. The molecule has 0 saturated carbocycles. The van der Waals surface area contributed by atoms with Crippen LogP contribution in [-0.4, -0.2) is 25.2 Å². The summed E-state index contributed by atoms with van der Waals surface area (Å²) < 4.78 is 10.8. The number of carbonyl (C=O) groups is 2. The number of benzene rings is 2. The predicted octanol–water partition coefficient (Wildman–Crippen LogP) is 5.35. The molecule has 0 aliphatic carbocycles. The van der Waals surface area contributed by atoms with Crippen LogP contribution >= 0.6 is 0 Å². The van der Waals surface area contributed by atoms with Crippen LogP contribution in [0.4, 0.5) is 0 Å². The van der Waals surface area contributed by atoms with Gasteiger partial charge in [0.1, 0.15) is 0 Å². The van der Waals surface area contributed by atoms with Crippen molar-refractivity contribution in [3.8, 4) is 0 Å². The molecule has 0 atom stereocenters. The number of aryl methyl sites for hydroxylation is 4. The van der Waals surface area contributed by atoms with Crippen LogP contribution in [0, 0.1) is 33.6 Å². The Morgan fingerprint density at radius 2 is 1.00 bits per heavy atom. The third-order valence-corrected chi connectivity index (χ3v) is 4.60. The monoisotopic (exact) mass is 382 g/mol. The lowest BCUT2D eigenvalue weighted by atomic mass is 10.1. The zero-order valence-corrected chi connectivity index (χ0v) is 17.5. The van der Waals surface area contributed by atoms with Crippen LogP contribution in [0.5, 0.6) is 0 Å². The third-order valence-electron chi connectivity index (χ3n) is 4.60. The number of esters is 2. The molecule has 2 aromatic carbocycles. The molecule has 0 heterocycles. The topological polar surface area (TPSA) is 52.6 Å². The summed E-state index contributed by atoms with van der Waals surface area (Å²) in [6.07, 6.45) is 1.47. The number of ether oxygens (including phenoxy) is 2. The molecule has 0 aliphatic heterocycles. The predicted molar refractivity (Wildman–Crippen MR) is 111 cm³/mol. The third kappa shape index (κ3) is 6.84. The van der Waals surface area contributed by atoms with Crippen LogP contribution < -0.4 is 0 Å². The second-order valence-electron chi connectivity index (χ2n) is 7.71. The molecule has 0 aromatic heterocycles. The average molecular weight is 383 g/mol. The first kappa shape index (κ1) is 21.7. The fraction of sp³-hybridized carbons (Fsp3) is 0.417. The van der Waals surface area contributed by atoms with E-state index in [1.54, 1.807) is 0 Å². The molecule has 0 radical (unpaired) electrons. The van der Waals surface area contributed by atoms with E-state index >= 15 is 0 Å². The minimum absolute atomic E-state index is 0.291. The van der Waals surface area contributed by atoms with Crippen LogP contribution in [0.15, 0.2) is 36.4 Å². The summed E-state index contributed by atoms with van der Waals surface area (Å²) in [5.41, 5.74) is 5.37. The van der Waals surface area contributed by atoms with Gasteiger partial charge in [0.05, 0.1) is 24.3 Å². The SMILES string of the molecule is Cc1cc(C)cc(C(=O)OCCC(C)CCOC(=O)c2cc(C)cc(C)c2)c1. The number of hydrogen-bond acceptors (Lipinski definition) is 4. The van der Waals surface area contributed by atoms with Crippen LogP contribution in [-0.2, 0) is 9.47 Å². The Bertz CT molecular complexity index is 728. The lowest BCUT2D eigenvalue weighted by Crippen LogP contribution is -2.12. The Labute approximate surface area is 167 Å². The molecule has 0 bridgehead atoms. The van der Waals surface area contributed by atoms with Crippen molar-refractivity contribution >= 4 is 11.9 Å². The quantitative estimate of drug-likeness (QED) is 0.578. The fourth-order valence-electron chi connectivity index (χ4n) is 3.20. The van der Waals surface area contributed by atoms with Gasteiger partial charge in [0.15, 0.2) is 0 Å². The summed E-state index contributed by atoms with van der Waals surface area (Å²) in [5.74, 6) is -0.292. The van der Waals surface area contributed by atoms with E-state index in [2.05, 4.69) is 6.92 Å². The lowest BCUT2D eigenvalue weighted by Gasteiger charge is -2.13. The fourth-order valence-corrected chi connectivity index (χ4v) is 3.20. The maximum absolute atomic E-state index is 12.2. The normalized spacial score (nSPS) is 10.8. The van der Waals surface area contributed by atoms with Gasteiger partial charge in [-0.3, -0.25) is 0 Å². The molecule has 0 aliphatic rings. The maximum atomic E-state index is 12.2. The number of rotatable bonds is 8. The summed E-state index contributed by atoms with van der Waals surface area (Å²) in [5, 5.41) is 0. The van der Waals surface area contributed by atoms with Gasteiger partial charge >= 0.3 is 11.9 Å². The summed E-state index contributed by atoms with van der Waals surface area (Å²) in [6.45, 7) is 10.6. The van der Waals surface area contributed by atoms with E-state index in [9.17, 15) is 9.59 Å². The van der Waals surface area contributed by atoms with Crippen molar-refractivity contribution in [2.75, 3.05) is 13.2 Å². The average Bonchev–Trinajstić information content (AvgIpc) is 2.59. The first-order chi connectivity index (χ1) is 13.2. The van der Waals surface area contributed by atoms with Crippen LogP contribution in [0.2, 0.25) is 0 Å². The van der Waals surface area contributed by atoms with E-state index in [1.165, 1.54) is 0 Å². The smallest absolute Gasteiger partial charge is 0.338 e. The van der Waals surface area contributed by atoms with Crippen molar-refractivity contribution in [3.63, 3.8) is 0 Å². The molecule has 0 unspecified atom stereocenters. The van der Waals surface area contributed by atoms with Crippen molar-refractivity contribution in [2.24, 2.45) is 5.92 Å². The van der Waals surface area contributed by atoms with Crippen LogP contribution in [0.25, 0.3) is 0 Å². The molecule has 2 aromatic rings. The molecule has 4 nitrogen and oxygen atoms in total. The van der Waals surface area contributed by atoms with Crippen molar-refractivity contribution in [1.29, 1.82) is 0 Å². The number of hydrogen-bond donors (Lipinski definition) is 0. The molecular weight excluding hydrogens is 352 g/mol. The standard InChI is InChI=1S/C24H30O4/c1-16(6-8-27-23(25)21-12-17(2)10-18(3)13-21)7-9-28-24(26)22-14-19(4)11-20(5)15-22/h10-16H,6-9H2,1-5H3. The van der Waals surface area contributed by atoms with Crippen LogP contribution in [0.1, 0.15) is 62.7 Å². The summed E-state index contributed by atoms with van der Waals surface area (Å²) in [4.78, 5) is 24.3. The molecule has 28 heavy (non-hydrogen) atoms. The zero-order valence-electron chi connectivity index (χ0n) is 17.5. The van der Waals surface area contributed by atoms with E-state index in [0.29, 0.717) is 30.3 Å². The Kier molecular flexibility index (Phi) is 7.80. The largest absolute Gasteiger partial charge is 0.462 e. The van der Waals surface area contributed by atoms with Gasteiger partial charge in [0.25, 0.3) is 0 Å². The van der Waals surface area contributed by atoms with Gasteiger partial charge in [0, 0.05) is 0 Å². The highest BCUT2D eigenvalue weighted by Gasteiger charge is 2.12. The Hall–Kier alpha value is -2.62. The second-order valence-corrected chi connectivity index (χ2v) is 7.71. The van der Waals surface area contributed by atoms with Crippen molar-refractivity contribution in [1.82, 2.24) is 0 Å². The van der Waals surface area contributed by atoms with E-state index in [4.69, 9.17) is 9.47 Å². The van der Waals surface area contributed by atoms with E-state index in [0.717, 1.165) is 35.1 Å². The van der Waals surface area contributed by atoms with Gasteiger partial charge in [-0.05, 0) is 70.7 Å². The molecular formula is C24H30O4. The van der Waals surface area contributed by atoms with Gasteiger partial charge in [-0.15, -0.1) is 0 Å². The number of carbonyl (C=O) groups excluding carboxylic acids is 2. The minimum Gasteiger partial charge on any atom is -0.462 e. The van der Waals surface area contributed by atoms with Gasteiger partial charge < -0.3 is 9.47 Å². The van der Waals surface area contributed by atoms with Gasteiger partial charge in [-0.2, -0.15) is 0 Å². The minimum atomic E-state index is -0.291. The first-order valence-electron chi connectivity index (χ1n) is 9.75. The van der Waals surface area contributed by atoms with E-state index in [-0.39, 0.29) is 11.9 Å². The molecule has 0 N–H and O–H groups in total. The first-order valence-corrected chi connectivity index (χ1v) is 9.75. The summed E-state index contributed by atoms with van der Waals surface area (Å²) >= 11 is 0. The molecule has 0 amide bonds. The lowest BCUT2D eigenvalue weighted by molar-refractivity contribution is 0.0449. The van der Waals surface area contributed by atoms with Gasteiger partial charge in [0.2, 0.25) is 0 Å². The van der Waals surface area contributed by atoms with Gasteiger partial charge in [-0.25, -0.2) is 9.59 Å². The Morgan fingerprint density at radius 1 is 0.679 bits per heavy atom. The van der Waals surface area contributed by atoms with E-state index < -0.39 is 0 Å². The highest BCUT2D eigenvalue weighted by atomic mass is 16.5. The van der Waals surface area contributed by atoms with Gasteiger partial charge in [-0.1, -0.05) is 41.3 Å². The second kappa shape index (κ2) is 10.1. The van der Waals surface area contributed by atoms with Crippen molar-refractivity contribution in [3.05, 3.63) is 69.8 Å². The maximum Gasteiger partial charge on any atom is 0.338 e. The van der Waals surface area contributed by atoms with Crippen LogP contribution in [0.3, 0.4) is 0 Å². The Balaban J connectivity index is 1.70. The van der Waals surface area contributed by atoms with E-state index in [1.807, 2.05) is 64.1 Å². The highest BCUT2D eigenvalue weighted by Crippen LogP contribution is 2.14. The molecule has 150 valence electrons. The molecule has 0 saturated heterocycles. The van der Waals surface area contributed by atoms with Crippen molar-refractivity contribution in [2.45, 2.75) is 47.5 Å². The van der Waals surface area contributed by atoms with Crippen molar-refractivity contribution < 1.29 is 19.1 Å².